The van der Waals surface area contributed by atoms with Crippen molar-refractivity contribution >= 4 is 17.7 Å². The second-order valence-electron chi connectivity index (χ2n) is 3.16. The summed E-state index contributed by atoms with van der Waals surface area (Å²) in [6, 6.07) is 2.09. The van der Waals surface area contributed by atoms with Crippen LogP contribution in [0.5, 0.6) is 0 Å². The molecule has 0 unspecified atom stereocenters. The van der Waals surface area contributed by atoms with Crippen molar-refractivity contribution in [2.45, 2.75) is 31.0 Å². The molecule has 0 amide bonds. The van der Waals surface area contributed by atoms with E-state index in [2.05, 4.69) is 26.3 Å². The van der Waals surface area contributed by atoms with E-state index in [0.717, 1.165) is 18.6 Å². The average molecular weight is 255 g/mol. The van der Waals surface area contributed by atoms with Crippen LogP contribution in [0.2, 0.25) is 0 Å². The van der Waals surface area contributed by atoms with Gasteiger partial charge in [0, 0.05) is 12.2 Å². The van der Waals surface area contributed by atoms with Crippen LogP contribution in [0, 0.1) is 11.3 Å². The van der Waals surface area contributed by atoms with Crippen molar-refractivity contribution in [3.63, 3.8) is 0 Å². The fourth-order valence-electron chi connectivity index (χ4n) is 1.06. The molecule has 0 N–H and O–H groups in total. The number of nitriles is 1. The van der Waals surface area contributed by atoms with Gasteiger partial charge in [0.15, 0.2) is 0 Å². The Labute approximate surface area is 103 Å². The van der Waals surface area contributed by atoms with Crippen molar-refractivity contribution in [2.24, 2.45) is 0 Å². The molecule has 1 aromatic rings. The monoisotopic (exact) mass is 255 g/mol. The van der Waals surface area contributed by atoms with Gasteiger partial charge in [0.05, 0.1) is 13.2 Å². The van der Waals surface area contributed by atoms with E-state index < -0.39 is 0 Å². The highest BCUT2D eigenvalue weighted by atomic mass is 32.2. The second-order valence-corrected chi connectivity index (χ2v) is 4.22. The summed E-state index contributed by atoms with van der Waals surface area (Å²) in [4.78, 5) is 11.1. The predicted molar refractivity (Wildman–Crippen MR) is 60.0 cm³/mol. The Morgan fingerprint density at radius 2 is 2.41 bits per heavy atom. The summed E-state index contributed by atoms with van der Waals surface area (Å²) in [5, 5.41) is 20.0. The largest absolute Gasteiger partial charge is 0.468 e. The number of carbonyl (C=O) groups excluding carboxylic acids is 1. The molecule has 0 aliphatic heterocycles. The van der Waals surface area contributed by atoms with Gasteiger partial charge in [0.2, 0.25) is 5.16 Å². The Morgan fingerprint density at radius 1 is 1.59 bits per heavy atom. The predicted octanol–water partition coefficient (Wildman–Crippen LogP) is 0.632. The number of hydrogen-bond donors (Lipinski definition) is 0. The van der Waals surface area contributed by atoms with Crippen molar-refractivity contribution < 1.29 is 9.53 Å². The lowest BCUT2D eigenvalue weighted by Crippen LogP contribution is -2.13. The number of esters is 1. The Bertz CT molecular complexity index is 400. The van der Waals surface area contributed by atoms with Gasteiger partial charge in [-0.2, -0.15) is 5.26 Å². The average Bonchev–Trinajstić information content (AvgIpc) is 2.76. The number of nitrogens with zero attached hydrogens (tertiary/aromatic N) is 5. The highest BCUT2D eigenvalue weighted by Crippen LogP contribution is 2.15. The molecule has 1 aromatic heterocycles. The van der Waals surface area contributed by atoms with Crippen LogP contribution in [0.4, 0.5) is 0 Å². The van der Waals surface area contributed by atoms with E-state index in [4.69, 9.17) is 5.26 Å². The van der Waals surface area contributed by atoms with Gasteiger partial charge in [-0.3, -0.25) is 4.79 Å². The molecule has 0 bridgehead atoms. The van der Waals surface area contributed by atoms with Crippen LogP contribution in [0.25, 0.3) is 0 Å². The minimum atomic E-state index is -0.386. The van der Waals surface area contributed by atoms with Gasteiger partial charge in [-0.25, -0.2) is 4.68 Å². The van der Waals surface area contributed by atoms with Crippen molar-refractivity contribution in [3.8, 4) is 6.07 Å². The van der Waals surface area contributed by atoms with E-state index in [1.54, 1.807) is 0 Å². The first kappa shape index (κ1) is 13.4. The molecule has 92 valence electrons. The molecule has 0 aliphatic carbocycles. The van der Waals surface area contributed by atoms with Gasteiger partial charge < -0.3 is 4.74 Å². The Balaban J connectivity index is 2.36. The number of unbranched alkanes of at least 4 members (excludes halogenated alkanes) is 2. The molecule has 17 heavy (non-hydrogen) atoms. The standard InChI is InChI=1S/C9H13N5O2S/c1-16-8(15)7-14-9(11-12-13-14)17-6-4-2-3-5-10/h2-4,6-7H2,1H3. The summed E-state index contributed by atoms with van der Waals surface area (Å²) < 4.78 is 5.94. The summed E-state index contributed by atoms with van der Waals surface area (Å²) in [5.41, 5.74) is 0. The smallest absolute Gasteiger partial charge is 0.327 e. The molecule has 0 radical (unpaired) electrons. The van der Waals surface area contributed by atoms with E-state index >= 15 is 0 Å². The van der Waals surface area contributed by atoms with Gasteiger partial charge in [0.25, 0.3) is 0 Å². The second kappa shape index (κ2) is 7.62. The molecular formula is C9H13N5O2S. The van der Waals surface area contributed by atoms with E-state index in [9.17, 15) is 4.79 Å². The lowest BCUT2D eigenvalue weighted by Gasteiger charge is -2.02. The number of carbonyl (C=O) groups is 1. The highest BCUT2D eigenvalue weighted by molar-refractivity contribution is 7.99. The molecule has 1 rings (SSSR count). The zero-order chi connectivity index (χ0) is 12.5. The fraction of sp³-hybridized carbons (Fsp3) is 0.667. The SMILES string of the molecule is COC(=O)Cn1nnnc1SCCCCC#N. The van der Waals surface area contributed by atoms with E-state index in [-0.39, 0.29) is 12.5 Å². The minimum Gasteiger partial charge on any atom is -0.468 e. The molecule has 0 atom stereocenters. The van der Waals surface area contributed by atoms with Crippen molar-refractivity contribution in [1.82, 2.24) is 20.2 Å². The first-order valence-electron chi connectivity index (χ1n) is 5.10. The fourth-order valence-corrected chi connectivity index (χ4v) is 1.93. The summed E-state index contributed by atoms with van der Waals surface area (Å²) in [7, 11) is 1.32. The maximum Gasteiger partial charge on any atom is 0.327 e. The van der Waals surface area contributed by atoms with Crippen LogP contribution < -0.4 is 0 Å². The zero-order valence-corrected chi connectivity index (χ0v) is 10.3. The van der Waals surface area contributed by atoms with Crippen molar-refractivity contribution in [3.05, 3.63) is 0 Å². The minimum absolute atomic E-state index is 0.0179. The van der Waals surface area contributed by atoms with Crippen LogP contribution in [-0.4, -0.2) is 39.0 Å². The third kappa shape index (κ3) is 4.82. The molecule has 7 nitrogen and oxygen atoms in total. The van der Waals surface area contributed by atoms with E-state index in [1.165, 1.54) is 23.6 Å². The molecule has 0 spiro atoms. The van der Waals surface area contributed by atoms with Gasteiger partial charge in [-0.15, -0.1) is 5.10 Å². The van der Waals surface area contributed by atoms with Crippen LogP contribution in [0.15, 0.2) is 5.16 Å². The van der Waals surface area contributed by atoms with Gasteiger partial charge in [-0.1, -0.05) is 11.8 Å². The molecular weight excluding hydrogens is 242 g/mol. The van der Waals surface area contributed by atoms with Crippen molar-refractivity contribution in [2.75, 3.05) is 12.9 Å². The van der Waals surface area contributed by atoms with Gasteiger partial charge in [0.1, 0.15) is 6.54 Å². The Hall–Kier alpha value is -1.62. The summed E-state index contributed by atoms with van der Waals surface area (Å²) in [6.07, 6.45) is 2.35. The van der Waals surface area contributed by atoms with E-state index in [1.807, 2.05) is 0 Å². The number of hydrogen-bond acceptors (Lipinski definition) is 7. The number of tetrazole rings is 1. The lowest BCUT2D eigenvalue weighted by atomic mass is 10.3. The molecule has 0 aliphatic rings. The quantitative estimate of drug-likeness (QED) is 0.400. The molecule has 0 aromatic carbocycles. The van der Waals surface area contributed by atoms with Crippen LogP contribution in [0.3, 0.4) is 0 Å². The number of ether oxygens (including phenoxy) is 1. The number of aromatic nitrogens is 4. The zero-order valence-electron chi connectivity index (χ0n) is 9.50. The van der Waals surface area contributed by atoms with Crippen LogP contribution in [-0.2, 0) is 16.1 Å². The molecule has 8 heteroatoms. The molecule has 0 fully saturated rings. The molecule has 0 saturated heterocycles. The Morgan fingerprint density at radius 3 is 3.12 bits per heavy atom. The first-order chi connectivity index (χ1) is 8.27. The summed E-state index contributed by atoms with van der Waals surface area (Å²) >= 11 is 1.47. The first-order valence-corrected chi connectivity index (χ1v) is 6.09. The third-order valence-electron chi connectivity index (χ3n) is 1.92. The van der Waals surface area contributed by atoms with E-state index in [0.29, 0.717) is 11.6 Å². The third-order valence-corrected chi connectivity index (χ3v) is 2.96. The number of rotatable bonds is 7. The van der Waals surface area contributed by atoms with Crippen LogP contribution in [0.1, 0.15) is 19.3 Å². The molecule has 0 saturated carbocycles. The summed E-state index contributed by atoms with van der Waals surface area (Å²) in [5.74, 6) is 0.437. The lowest BCUT2D eigenvalue weighted by molar-refractivity contribution is -0.141. The maximum atomic E-state index is 11.1. The summed E-state index contributed by atoms with van der Waals surface area (Å²) in [6.45, 7) is 0.0179. The number of methoxy groups -OCH3 is 1. The Kier molecular flexibility index (Phi) is 6.03. The van der Waals surface area contributed by atoms with Gasteiger partial charge >= 0.3 is 5.97 Å². The van der Waals surface area contributed by atoms with Crippen molar-refractivity contribution in [1.29, 1.82) is 5.26 Å². The topological polar surface area (TPSA) is 93.7 Å². The number of thioether (sulfide) groups is 1. The normalized spacial score (nSPS) is 9.88. The molecule has 1 heterocycles. The maximum absolute atomic E-state index is 11.1. The van der Waals surface area contributed by atoms with Crippen LogP contribution >= 0.6 is 11.8 Å². The highest BCUT2D eigenvalue weighted by Gasteiger charge is 2.10. The van der Waals surface area contributed by atoms with Gasteiger partial charge in [-0.05, 0) is 23.3 Å².